The summed E-state index contributed by atoms with van der Waals surface area (Å²) in [5, 5.41) is 0. The highest BCUT2D eigenvalue weighted by molar-refractivity contribution is 8.26. The lowest BCUT2D eigenvalue weighted by molar-refractivity contribution is -0.122. The smallest absolute Gasteiger partial charge is 0.267 e. The number of hydrogen-bond acceptors (Lipinski definition) is 8. The quantitative estimate of drug-likeness (QED) is 0.331. The summed E-state index contributed by atoms with van der Waals surface area (Å²) >= 11 is 6.78. The minimum Gasteiger partial charge on any atom is -0.493 e. The minimum absolute atomic E-state index is 0.189. The van der Waals surface area contributed by atoms with Gasteiger partial charge in [-0.3, -0.25) is 18.9 Å². The normalized spacial score (nSPS) is 16.9. The van der Waals surface area contributed by atoms with Crippen molar-refractivity contribution in [3.05, 3.63) is 68.5 Å². The van der Waals surface area contributed by atoms with Crippen LogP contribution in [0.5, 0.6) is 11.5 Å². The number of nitrogens with zero attached hydrogens (tertiary/aromatic N) is 4. The molecule has 0 atom stereocenters. The number of aryl methyl sites for hydroxylation is 1. The van der Waals surface area contributed by atoms with E-state index in [1.807, 2.05) is 37.3 Å². The number of thioether (sulfide) groups is 1. The van der Waals surface area contributed by atoms with E-state index in [0.29, 0.717) is 50.7 Å². The Balaban J connectivity index is 1.45. The third kappa shape index (κ3) is 4.83. The molecule has 37 heavy (non-hydrogen) atoms. The van der Waals surface area contributed by atoms with Gasteiger partial charge in [-0.1, -0.05) is 36.1 Å². The summed E-state index contributed by atoms with van der Waals surface area (Å²) in [6, 6.07) is 9.47. The Morgan fingerprint density at radius 1 is 1.11 bits per heavy atom. The zero-order valence-corrected chi connectivity index (χ0v) is 22.7. The molecule has 4 heterocycles. The Morgan fingerprint density at radius 2 is 1.86 bits per heavy atom. The maximum atomic E-state index is 13.6. The molecule has 2 aliphatic rings. The molecule has 0 N–H and O–H groups in total. The van der Waals surface area contributed by atoms with E-state index in [1.54, 1.807) is 35.8 Å². The van der Waals surface area contributed by atoms with Gasteiger partial charge in [0.15, 0.2) is 11.5 Å². The number of aromatic nitrogens is 2. The van der Waals surface area contributed by atoms with Crippen LogP contribution in [0, 0.1) is 6.92 Å². The minimum atomic E-state index is -0.198. The van der Waals surface area contributed by atoms with E-state index in [9.17, 15) is 9.59 Å². The Morgan fingerprint density at radius 3 is 2.59 bits per heavy atom. The number of anilines is 1. The fourth-order valence-corrected chi connectivity index (χ4v) is 5.99. The molecule has 0 spiro atoms. The van der Waals surface area contributed by atoms with E-state index in [1.165, 1.54) is 11.8 Å². The molecular formula is C27H28N4O4S2. The highest BCUT2D eigenvalue weighted by Gasteiger charge is 2.33. The Bertz CT molecular complexity index is 1480. The first-order valence-corrected chi connectivity index (χ1v) is 13.4. The van der Waals surface area contributed by atoms with Crippen LogP contribution in [0.25, 0.3) is 11.7 Å². The first kappa shape index (κ1) is 25.3. The second kappa shape index (κ2) is 10.5. The van der Waals surface area contributed by atoms with Crippen molar-refractivity contribution in [2.75, 3.05) is 38.8 Å². The summed E-state index contributed by atoms with van der Waals surface area (Å²) < 4.78 is 12.7. The van der Waals surface area contributed by atoms with Crippen molar-refractivity contribution in [2.24, 2.45) is 0 Å². The van der Waals surface area contributed by atoms with Crippen LogP contribution in [0.4, 0.5) is 5.82 Å². The zero-order valence-electron chi connectivity index (χ0n) is 21.0. The van der Waals surface area contributed by atoms with Gasteiger partial charge in [-0.2, -0.15) is 0 Å². The molecule has 5 rings (SSSR count). The van der Waals surface area contributed by atoms with Crippen LogP contribution < -0.4 is 19.9 Å². The van der Waals surface area contributed by atoms with Gasteiger partial charge >= 0.3 is 0 Å². The number of pyridine rings is 1. The summed E-state index contributed by atoms with van der Waals surface area (Å²) in [5.41, 5.74) is 2.79. The molecule has 0 aliphatic carbocycles. The molecule has 10 heteroatoms. The lowest BCUT2D eigenvalue weighted by Gasteiger charge is -2.20. The van der Waals surface area contributed by atoms with E-state index in [0.717, 1.165) is 37.1 Å². The first-order chi connectivity index (χ1) is 17.9. The van der Waals surface area contributed by atoms with Crippen LogP contribution in [-0.2, 0) is 11.2 Å². The number of hydrogen-bond donors (Lipinski definition) is 0. The molecule has 2 aliphatic heterocycles. The topological polar surface area (TPSA) is 76.4 Å². The molecule has 192 valence electrons. The van der Waals surface area contributed by atoms with Gasteiger partial charge in [0.1, 0.15) is 15.8 Å². The Labute approximate surface area is 224 Å². The molecule has 0 bridgehead atoms. The van der Waals surface area contributed by atoms with Crippen LogP contribution in [0.3, 0.4) is 0 Å². The number of methoxy groups -OCH3 is 2. The van der Waals surface area contributed by atoms with E-state index < -0.39 is 0 Å². The summed E-state index contributed by atoms with van der Waals surface area (Å²) in [6.45, 7) is 4.03. The van der Waals surface area contributed by atoms with Crippen molar-refractivity contribution in [2.45, 2.75) is 26.2 Å². The number of rotatable bonds is 7. The predicted molar refractivity (Wildman–Crippen MR) is 151 cm³/mol. The largest absolute Gasteiger partial charge is 0.493 e. The number of fused-ring (bicyclic) bond motifs is 1. The maximum absolute atomic E-state index is 13.6. The average molecular weight is 537 g/mol. The summed E-state index contributed by atoms with van der Waals surface area (Å²) in [7, 11) is 3.19. The number of carbonyl (C=O) groups excluding carboxylic acids is 1. The van der Waals surface area contributed by atoms with Crippen LogP contribution in [0.2, 0.25) is 0 Å². The highest BCUT2D eigenvalue weighted by atomic mass is 32.2. The van der Waals surface area contributed by atoms with Crippen molar-refractivity contribution in [1.29, 1.82) is 0 Å². The van der Waals surface area contributed by atoms with Crippen molar-refractivity contribution < 1.29 is 14.3 Å². The highest BCUT2D eigenvalue weighted by Crippen LogP contribution is 2.35. The number of ether oxygens (including phenoxy) is 2. The predicted octanol–water partition coefficient (Wildman–Crippen LogP) is 4.06. The SMILES string of the molecule is COc1ccc(CCN2C(=O)C(=Cc3c(N4CCCC4)nc4c(C)cccn4c3=O)SC2=S)cc1OC. The lowest BCUT2D eigenvalue weighted by atomic mass is 10.1. The molecular weight excluding hydrogens is 508 g/mol. The standard InChI is InChI=1S/C27H28N4O4S2/c1-17-7-6-13-30-23(17)28-24(29-11-4-5-12-29)19(25(30)32)16-22-26(33)31(27(36)37-22)14-10-18-8-9-20(34-2)21(15-18)35-3/h6-9,13,15-16H,4-5,10-12,14H2,1-3H3. The average Bonchev–Trinajstić information content (AvgIpc) is 3.53. The zero-order chi connectivity index (χ0) is 26.1. The summed E-state index contributed by atoms with van der Waals surface area (Å²) in [6.07, 6.45) is 6.09. The molecule has 0 unspecified atom stereocenters. The van der Waals surface area contributed by atoms with Crippen molar-refractivity contribution in [1.82, 2.24) is 14.3 Å². The molecule has 2 saturated heterocycles. The van der Waals surface area contributed by atoms with Crippen LogP contribution in [0.15, 0.2) is 46.2 Å². The van der Waals surface area contributed by atoms with Gasteiger partial charge in [0.05, 0.1) is 24.7 Å². The molecule has 3 aromatic rings. The van der Waals surface area contributed by atoms with Crippen LogP contribution in [0.1, 0.15) is 29.5 Å². The van der Waals surface area contributed by atoms with E-state index in [4.69, 9.17) is 26.7 Å². The second-order valence-corrected chi connectivity index (χ2v) is 10.7. The Kier molecular flexibility index (Phi) is 7.21. The van der Waals surface area contributed by atoms with Gasteiger partial charge in [-0.05, 0) is 61.6 Å². The molecule has 8 nitrogen and oxygen atoms in total. The van der Waals surface area contributed by atoms with E-state index in [-0.39, 0.29) is 11.5 Å². The second-order valence-electron chi connectivity index (χ2n) is 9.01. The lowest BCUT2D eigenvalue weighted by Crippen LogP contribution is -2.30. The molecule has 1 amide bonds. The number of benzene rings is 1. The van der Waals surface area contributed by atoms with Gasteiger partial charge in [0.25, 0.3) is 11.5 Å². The van der Waals surface area contributed by atoms with Gasteiger partial charge in [0, 0.05) is 25.8 Å². The van der Waals surface area contributed by atoms with Crippen molar-refractivity contribution in [3.8, 4) is 11.5 Å². The van der Waals surface area contributed by atoms with Crippen molar-refractivity contribution >= 4 is 51.7 Å². The third-order valence-corrected chi connectivity index (χ3v) is 8.07. The van der Waals surface area contributed by atoms with Crippen LogP contribution >= 0.6 is 24.0 Å². The Hall–Kier alpha value is -3.37. The van der Waals surface area contributed by atoms with Gasteiger partial charge in [-0.25, -0.2) is 4.98 Å². The monoisotopic (exact) mass is 536 g/mol. The van der Waals surface area contributed by atoms with Crippen LogP contribution in [-0.4, -0.2) is 58.4 Å². The maximum Gasteiger partial charge on any atom is 0.267 e. The van der Waals surface area contributed by atoms with Gasteiger partial charge < -0.3 is 14.4 Å². The summed E-state index contributed by atoms with van der Waals surface area (Å²) in [4.78, 5) is 36.0. The summed E-state index contributed by atoms with van der Waals surface area (Å²) in [5.74, 6) is 1.72. The number of thiocarbonyl (C=S) groups is 1. The van der Waals surface area contributed by atoms with Gasteiger partial charge in [0.2, 0.25) is 0 Å². The number of carbonyl (C=O) groups is 1. The fourth-order valence-electron chi connectivity index (χ4n) is 4.70. The van der Waals surface area contributed by atoms with Gasteiger partial charge in [-0.15, -0.1) is 0 Å². The molecule has 1 aromatic carbocycles. The molecule has 0 saturated carbocycles. The first-order valence-electron chi connectivity index (χ1n) is 12.1. The number of amides is 1. The fraction of sp³-hybridized carbons (Fsp3) is 0.333. The van der Waals surface area contributed by atoms with E-state index in [2.05, 4.69) is 4.90 Å². The third-order valence-electron chi connectivity index (χ3n) is 6.69. The molecule has 2 fully saturated rings. The van der Waals surface area contributed by atoms with Crippen molar-refractivity contribution in [3.63, 3.8) is 0 Å². The molecule has 2 aromatic heterocycles. The molecule has 0 radical (unpaired) electrons. The van der Waals surface area contributed by atoms with E-state index >= 15 is 0 Å².